The minimum atomic E-state index is -0.179. The van der Waals surface area contributed by atoms with Gasteiger partial charge in [0.1, 0.15) is 11.5 Å². The van der Waals surface area contributed by atoms with Crippen molar-refractivity contribution >= 4 is 0 Å². The number of ether oxygens (including phenoxy) is 2. The fourth-order valence-corrected chi connectivity index (χ4v) is 5.13. The average Bonchev–Trinajstić information content (AvgIpc) is 3.44. The Morgan fingerprint density at radius 2 is 1.45 bits per heavy atom. The molecule has 2 aromatic rings. The van der Waals surface area contributed by atoms with E-state index in [2.05, 4.69) is 71.0 Å². The van der Waals surface area contributed by atoms with Crippen molar-refractivity contribution in [3.63, 3.8) is 0 Å². The maximum absolute atomic E-state index is 9.01. The molecule has 0 amide bonds. The summed E-state index contributed by atoms with van der Waals surface area (Å²) in [6, 6.07) is 16.0. The molecule has 3 heteroatoms. The number of benzene rings is 2. The molecular formula is C30H42O3. The highest BCUT2D eigenvalue weighted by atomic mass is 16.7. The zero-order valence-corrected chi connectivity index (χ0v) is 21.3. The number of hydrogen-bond acceptors (Lipinski definition) is 3. The Balaban J connectivity index is 0.000000235. The maximum Gasteiger partial charge on any atom is 0.205 e. The Hall–Kier alpha value is -2.26. The van der Waals surface area contributed by atoms with Crippen LogP contribution in [-0.4, -0.2) is 18.5 Å². The van der Waals surface area contributed by atoms with Crippen molar-refractivity contribution in [2.45, 2.75) is 78.4 Å². The van der Waals surface area contributed by atoms with Crippen LogP contribution in [0.15, 0.2) is 60.7 Å². The van der Waals surface area contributed by atoms with E-state index in [1.165, 1.54) is 17.5 Å². The van der Waals surface area contributed by atoms with Crippen LogP contribution in [0.4, 0.5) is 0 Å². The van der Waals surface area contributed by atoms with Gasteiger partial charge in [-0.2, -0.15) is 0 Å². The van der Waals surface area contributed by atoms with Crippen LogP contribution >= 0.6 is 0 Å². The number of phenols is 1. The van der Waals surface area contributed by atoms with E-state index < -0.39 is 0 Å². The van der Waals surface area contributed by atoms with Gasteiger partial charge in [0.05, 0.1) is 0 Å². The molecule has 180 valence electrons. The number of fused-ring (bicyclic) bond motifs is 2. The summed E-state index contributed by atoms with van der Waals surface area (Å²) in [6.45, 7) is 11.1. The van der Waals surface area contributed by atoms with Gasteiger partial charge in [0.2, 0.25) is 6.29 Å². The van der Waals surface area contributed by atoms with Crippen LogP contribution in [0.2, 0.25) is 0 Å². The Morgan fingerprint density at radius 3 is 1.88 bits per heavy atom. The molecule has 0 aromatic heterocycles. The van der Waals surface area contributed by atoms with Crippen molar-refractivity contribution in [2.75, 3.05) is 7.11 Å². The molecule has 1 fully saturated rings. The first-order chi connectivity index (χ1) is 15.8. The normalized spacial score (nSPS) is 25.8. The molecule has 0 radical (unpaired) electrons. The van der Waals surface area contributed by atoms with Gasteiger partial charge in [0.15, 0.2) is 0 Å². The molecule has 2 aliphatic rings. The van der Waals surface area contributed by atoms with Crippen molar-refractivity contribution in [1.82, 2.24) is 0 Å². The summed E-state index contributed by atoms with van der Waals surface area (Å²) in [5, 5.41) is 9.01. The van der Waals surface area contributed by atoms with Gasteiger partial charge in [-0.25, -0.2) is 0 Å². The zero-order chi connectivity index (χ0) is 24.0. The fraction of sp³-hybridized carbons (Fsp3) is 0.533. The Bertz CT molecular complexity index is 886. The number of allylic oxidation sites excluding steroid dienone is 2. The lowest BCUT2D eigenvalue weighted by atomic mass is 9.77. The quantitative estimate of drug-likeness (QED) is 0.326. The lowest BCUT2D eigenvalue weighted by Gasteiger charge is -2.38. The van der Waals surface area contributed by atoms with Crippen molar-refractivity contribution in [1.29, 1.82) is 0 Å². The molecule has 2 bridgehead atoms. The third-order valence-electron chi connectivity index (χ3n) is 7.85. The largest absolute Gasteiger partial charge is 0.508 e. The summed E-state index contributed by atoms with van der Waals surface area (Å²) in [7, 11) is 1.76. The van der Waals surface area contributed by atoms with Crippen LogP contribution in [-0.2, 0) is 4.74 Å². The summed E-state index contributed by atoms with van der Waals surface area (Å²) >= 11 is 0. The predicted octanol–water partition coefficient (Wildman–Crippen LogP) is 8.06. The lowest BCUT2D eigenvalue weighted by molar-refractivity contribution is -0.143. The molecule has 2 aliphatic carbocycles. The van der Waals surface area contributed by atoms with E-state index >= 15 is 0 Å². The molecular weight excluding hydrogens is 408 g/mol. The molecule has 1 saturated carbocycles. The molecule has 0 spiro atoms. The second kappa shape index (κ2) is 11.2. The maximum atomic E-state index is 9.01. The Labute approximate surface area is 200 Å². The van der Waals surface area contributed by atoms with E-state index in [0.29, 0.717) is 29.4 Å². The van der Waals surface area contributed by atoms with Crippen LogP contribution in [0.1, 0.15) is 83.3 Å². The highest BCUT2D eigenvalue weighted by molar-refractivity contribution is 5.30. The summed E-state index contributed by atoms with van der Waals surface area (Å²) < 4.78 is 12.0. The van der Waals surface area contributed by atoms with Gasteiger partial charge in [-0.1, -0.05) is 71.0 Å². The minimum Gasteiger partial charge on any atom is -0.508 e. The third-order valence-corrected chi connectivity index (χ3v) is 7.85. The van der Waals surface area contributed by atoms with Gasteiger partial charge in [-0.15, -0.1) is 0 Å². The molecule has 33 heavy (non-hydrogen) atoms. The first kappa shape index (κ1) is 25.4. The average molecular weight is 451 g/mol. The molecule has 2 aromatic carbocycles. The number of methoxy groups -OCH3 is 1. The molecule has 0 saturated heterocycles. The van der Waals surface area contributed by atoms with Gasteiger partial charge < -0.3 is 14.6 Å². The fourth-order valence-electron chi connectivity index (χ4n) is 5.13. The molecule has 6 unspecified atom stereocenters. The van der Waals surface area contributed by atoms with Crippen molar-refractivity contribution < 1.29 is 14.6 Å². The Kier molecular flexibility index (Phi) is 8.64. The van der Waals surface area contributed by atoms with E-state index in [4.69, 9.17) is 14.6 Å². The molecule has 0 aliphatic heterocycles. The molecule has 1 N–H and O–H groups in total. The number of rotatable bonds is 8. The lowest BCUT2D eigenvalue weighted by Crippen LogP contribution is -2.41. The van der Waals surface area contributed by atoms with Gasteiger partial charge in [0.25, 0.3) is 0 Å². The molecule has 6 atom stereocenters. The van der Waals surface area contributed by atoms with E-state index in [9.17, 15) is 0 Å². The van der Waals surface area contributed by atoms with Crippen LogP contribution in [0.5, 0.6) is 11.5 Å². The number of hydrogen-bond donors (Lipinski definition) is 1. The highest BCUT2D eigenvalue weighted by Gasteiger charge is 2.51. The van der Waals surface area contributed by atoms with Crippen LogP contribution < -0.4 is 4.74 Å². The van der Waals surface area contributed by atoms with Crippen LogP contribution in [0, 0.1) is 17.3 Å². The van der Waals surface area contributed by atoms with Crippen LogP contribution in [0.3, 0.4) is 0 Å². The topological polar surface area (TPSA) is 38.7 Å². The SMILES string of the molecule is CCC(C)c1ccc(O)cc1.CCC(C)c1ccc(OC(OC)C2(C)CC3C=CC2C3)cc1. The minimum absolute atomic E-state index is 0.0869. The monoisotopic (exact) mass is 450 g/mol. The third kappa shape index (κ3) is 6.00. The predicted molar refractivity (Wildman–Crippen MR) is 137 cm³/mol. The van der Waals surface area contributed by atoms with Gasteiger partial charge in [-0.3, -0.25) is 0 Å². The van der Waals surface area contributed by atoms with Crippen molar-refractivity contribution in [3.8, 4) is 11.5 Å². The van der Waals surface area contributed by atoms with Gasteiger partial charge >= 0.3 is 0 Å². The van der Waals surface area contributed by atoms with Gasteiger partial charge in [0, 0.05) is 12.5 Å². The smallest absolute Gasteiger partial charge is 0.205 e. The summed E-state index contributed by atoms with van der Waals surface area (Å²) in [4.78, 5) is 0. The number of aromatic hydroxyl groups is 1. The number of phenolic OH excluding ortho intramolecular Hbond substituents is 1. The molecule has 3 nitrogen and oxygen atoms in total. The van der Waals surface area contributed by atoms with Crippen molar-refractivity contribution in [3.05, 3.63) is 71.8 Å². The Morgan fingerprint density at radius 1 is 0.909 bits per heavy atom. The first-order valence-electron chi connectivity index (χ1n) is 12.6. The summed E-state index contributed by atoms with van der Waals surface area (Å²) in [6.07, 6.45) is 9.26. The molecule has 0 heterocycles. The molecule has 4 rings (SSSR count). The van der Waals surface area contributed by atoms with E-state index in [-0.39, 0.29) is 11.7 Å². The summed E-state index contributed by atoms with van der Waals surface area (Å²) in [5.74, 6) is 3.74. The van der Waals surface area contributed by atoms with E-state index in [1.807, 2.05) is 12.1 Å². The second-order valence-electron chi connectivity index (χ2n) is 10.2. The standard InChI is InChI=1S/C20H28O2.C10H14O/c1-5-14(2)16-7-10-18(11-8-16)22-19(21-4)20(3)13-15-6-9-17(20)12-15;1-3-8(2)9-4-6-10(11)7-5-9/h6-11,14-15,17,19H,5,12-13H2,1-4H3;4-8,11H,3H2,1-2H3. The van der Waals surface area contributed by atoms with Crippen LogP contribution in [0.25, 0.3) is 0 Å². The van der Waals surface area contributed by atoms with E-state index in [1.54, 1.807) is 19.2 Å². The zero-order valence-electron chi connectivity index (χ0n) is 21.3. The van der Waals surface area contributed by atoms with Crippen molar-refractivity contribution in [2.24, 2.45) is 17.3 Å². The first-order valence-corrected chi connectivity index (χ1v) is 12.6. The second-order valence-corrected chi connectivity index (χ2v) is 10.2. The van der Waals surface area contributed by atoms with E-state index in [0.717, 1.165) is 25.0 Å². The van der Waals surface area contributed by atoms with Gasteiger partial charge in [-0.05, 0) is 84.7 Å². The summed E-state index contributed by atoms with van der Waals surface area (Å²) in [5.41, 5.74) is 2.76. The highest BCUT2D eigenvalue weighted by Crippen LogP contribution is 2.54.